The molecule has 0 amide bonds. The van der Waals surface area contributed by atoms with Crippen LogP contribution in [0, 0.1) is 3.57 Å². The molecule has 0 aliphatic carbocycles. The number of carbonyl (C=O) groups excluding carboxylic acids is 1. The van der Waals surface area contributed by atoms with Crippen LogP contribution in [0.5, 0.6) is 0 Å². The lowest BCUT2D eigenvalue weighted by Crippen LogP contribution is -2.22. The van der Waals surface area contributed by atoms with Crippen molar-refractivity contribution in [2.24, 2.45) is 0 Å². The number of alkyl halides is 3. The van der Waals surface area contributed by atoms with E-state index in [4.69, 9.17) is 0 Å². The summed E-state index contributed by atoms with van der Waals surface area (Å²) < 4.78 is 36.6. The Morgan fingerprint density at radius 3 is 2.53 bits per heavy atom. The number of hydrogen-bond donors (Lipinski definition) is 0. The van der Waals surface area contributed by atoms with Crippen molar-refractivity contribution in [2.75, 3.05) is 0 Å². The van der Waals surface area contributed by atoms with E-state index in [2.05, 4.69) is 22.6 Å². The highest BCUT2D eigenvalue weighted by Crippen LogP contribution is 2.19. The molecule has 15 heavy (non-hydrogen) atoms. The molecule has 0 saturated carbocycles. The third kappa shape index (κ3) is 4.19. The van der Waals surface area contributed by atoms with Gasteiger partial charge in [0.2, 0.25) is 5.78 Å². The minimum absolute atomic E-state index is 0.134. The zero-order valence-electron chi connectivity index (χ0n) is 7.64. The maximum atomic E-state index is 11.9. The average molecular weight is 328 g/mol. The molecule has 0 aliphatic heterocycles. The van der Waals surface area contributed by atoms with E-state index in [1.54, 1.807) is 18.2 Å². The SMILES string of the molecule is O=C(CCc1cccc(I)c1)C(F)(F)F. The number of rotatable bonds is 3. The van der Waals surface area contributed by atoms with Gasteiger partial charge in [0.1, 0.15) is 0 Å². The summed E-state index contributed by atoms with van der Waals surface area (Å²) in [4.78, 5) is 10.6. The predicted octanol–water partition coefficient (Wildman–Crippen LogP) is 3.36. The van der Waals surface area contributed by atoms with E-state index in [0.29, 0.717) is 0 Å². The highest BCUT2D eigenvalue weighted by molar-refractivity contribution is 14.1. The number of halogens is 4. The van der Waals surface area contributed by atoms with Crippen molar-refractivity contribution in [3.63, 3.8) is 0 Å². The van der Waals surface area contributed by atoms with Gasteiger partial charge in [0, 0.05) is 9.99 Å². The molecule has 1 rings (SSSR count). The van der Waals surface area contributed by atoms with Crippen LogP contribution in [0.1, 0.15) is 12.0 Å². The van der Waals surface area contributed by atoms with Gasteiger partial charge < -0.3 is 0 Å². The average Bonchev–Trinajstić information content (AvgIpc) is 2.12. The summed E-state index contributed by atoms with van der Waals surface area (Å²) in [5.41, 5.74) is 0.750. The van der Waals surface area contributed by atoms with Crippen LogP contribution in [-0.2, 0) is 11.2 Å². The lowest BCUT2D eigenvalue weighted by Gasteiger charge is -2.05. The quantitative estimate of drug-likeness (QED) is 0.778. The summed E-state index contributed by atoms with van der Waals surface area (Å²) in [7, 11) is 0. The fourth-order valence-corrected chi connectivity index (χ4v) is 1.70. The molecule has 0 radical (unpaired) electrons. The van der Waals surface area contributed by atoms with E-state index < -0.39 is 18.4 Å². The fraction of sp³-hybridized carbons (Fsp3) is 0.300. The summed E-state index contributed by atoms with van der Waals surface area (Å²) in [6, 6.07) is 7.08. The van der Waals surface area contributed by atoms with Crippen LogP contribution >= 0.6 is 22.6 Å². The van der Waals surface area contributed by atoms with Gasteiger partial charge in [-0.1, -0.05) is 12.1 Å². The minimum atomic E-state index is -4.71. The van der Waals surface area contributed by atoms with Crippen LogP contribution in [0.2, 0.25) is 0 Å². The number of ketones is 1. The zero-order chi connectivity index (χ0) is 11.5. The van der Waals surface area contributed by atoms with E-state index in [1.807, 2.05) is 6.07 Å². The van der Waals surface area contributed by atoms with Gasteiger partial charge in [-0.3, -0.25) is 4.79 Å². The molecule has 0 unspecified atom stereocenters. The smallest absolute Gasteiger partial charge is 0.290 e. The number of hydrogen-bond acceptors (Lipinski definition) is 1. The molecule has 0 spiro atoms. The fourth-order valence-electron chi connectivity index (χ4n) is 1.09. The molecule has 0 atom stereocenters. The Morgan fingerprint density at radius 2 is 2.00 bits per heavy atom. The van der Waals surface area contributed by atoms with E-state index >= 15 is 0 Å². The van der Waals surface area contributed by atoms with E-state index in [9.17, 15) is 18.0 Å². The van der Waals surface area contributed by atoms with Crippen molar-refractivity contribution in [3.8, 4) is 0 Å². The van der Waals surface area contributed by atoms with Crippen molar-refractivity contribution in [3.05, 3.63) is 33.4 Å². The number of Topliss-reactive ketones (excluding diaryl/α,β-unsaturated/α-hetero) is 1. The Hall–Kier alpha value is -0.590. The van der Waals surface area contributed by atoms with Crippen LogP contribution in [0.25, 0.3) is 0 Å². The molecule has 0 aromatic heterocycles. The molecule has 5 heteroatoms. The van der Waals surface area contributed by atoms with Crippen LogP contribution < -0.4 is 0 Å². The summed E-state index contributed by atoms with van der Waals surface area (Å²) in [6.07, 6.45) is -5.05. The maximum absolute atomic E-state index is 11.9. The van der Waals surface area contributed by atoms with E-state index in [1.165, 1.54) is 0 Å². The molecule has 0 heterocycles. The third-order valence-corrected chi connectivity index (χ3v) is 2.52. The Kier molecular flexibility index (Phi) is 4.12. The lowest BCUT2D eigenvalue weighted by atomic mass is 10.1. The number of carbonyl (C=O) groups is 1. The van der Waals surface area contributed by atoms with Crippen LogP contribution in [0.15, 0.2) is 24.3 Å². The van der Waals surface area contributed by atoms with Crippen LogP contribution in [-0.4, -0.2) is 12.0 Å². The molecule has 1 aromatic rings. The van der Waals surface area contributed by atoms with Gasteiger partial charge in [-0.25, -0.2) is 0 Å². The van der Waals surface area contributed by atoms with E-state index in [-0.39, 0.29) is 6.42 Å². The molecule has 0 aliphatic rings. The second-order valence-electron chi connectivity index (χ2n) is 3.05. The number of benzene rings is 1. The summed E-state index contributed by atoms with van der Waals surface area (Å²) >= 11 is 2.07. The van der Waals surface area contributed by atoms with Gasteiger partial charge in [0.05, 0.1) is 0 Å². The third-order valence-electron chi connectivity index (χ3n) is 1.85. The van der Waals surface area contributed by atoms with Gasteiger partial charge in [-0.2, -0.15) is 13.2 Å². The highest BCUT2D eigenvalue weighted by Gasteiger charge is 2.37. The minimum Gasteiger partial charge on any atom is -0.290 e. The Labute approximate surface area is 98.8 Å². The Bertz CT molecular complexity index is 360. The van der Waals surface area contributed by atoms with E-state index in [0.717, 1.165) is 9.13 Å². The molecule has 1 aromatic carbocycles. The topological polar surface area (TPSA) is 17.1 Å². The lowest BCUT2D eigenvalue weighted by molar-refractivity contribution is -0.171. The second-order valence-corrected chi connectivity index (χ2v) is 4.30. The van der Waals surface area contributed by atoms with Gasteiger partial charge in [0.25, 0.3) is 0 Å². The molecule has 0 N–H and O–H groups in total. The van der Waals surface area contributed by atoms with Crippen molar-refractivity contribution in [2.45, 2.75) is 19.0 Å². The van der Waals surface area contributed by atoms with Crippen LogP contribution in [0.4, 0.5) is 13.2 Å². The first-order valence-electron chi connectivity index (χ1n) is 4.24. The van der Waals surface area contributed by atoms with Gasteiger partial charge in [0.15, 0.2) is 0 Å². The Balaban J connectivity index is 2.55. The van der Waals surface area contributed by atoms with Gasteiger partial charge in [-0.15, -0.1) is 0 Å². The first-order valence-corrected chi connectivity index (χ1v) is 5.32. The maximum Gasteiger partial charge on any atom is 0.449 e. The summed E-state index contributed by atoms with van der Waals surface area (Å²) in [5, 5.41) is 0. The van der Waals surface area contributed by atoms with Crippen molar-refractivity contribution >= 4 is 28.4 Å². The predicted molar refractivity (Wildman–Crippen MR) is 58.5 cm³/mol. The molecule has 0 fully saturated rings. The summed E-state index contributed by atoms with van der Waals surface area (Å²) in [5.74, 6) is -1.67. The first-order chi connectivity index (χ1) is 6.89. The highest BCUT2D eigenvalue weighted by atomic mass is 127. The molecule has 0 saturated heterocycles. The molecular formula is C10H8F3IO. The van der Waals surface area contributed by atoms with Crippen molar-refractivity contribution in [1.29, 1.82) is 0 Å². The first kappa shape index (κ1) is 12.5. The largest absolute Gasteiger partial charge is 0.449 e. The second kappa shape index (κ2) is 4.96. The monoisotopic (exact) mass is 328 g/mol. The molecular weight excluding hydrogens is 320 g/mol. The van der Waals surface area contributed by atoms with Gasteiger partial charge >= 0.3 is 6.18 Å². The Morgan fingerprint density at radius 1 is 1.33 bits per heavy atom. The van der Waals surface area contributed by atoms with Crippen LogP contribution in [0.3, 0.4) is 0 Å². The standard InChI is InChI=1S/C10H8F3IO/c11-10(12,13)9(15)5-4-7-2-1-3-8(14)6-7/h1-3,6H,4-5H2. The molecule has 82 valence electrons. The van der Waals surface area contributed by atoms with Gasteiger partial charge in [-0.05, 0) is 46.7 Å². The number of aryl methyl sites for hydroxylation is 1. The normalized spacial score (nSPS) is 11.5. The zero-order valence-corrected chi connectivity index (χ0v) is 9.80. The molecule has 0 bridgehead atoms. The molecule has 1 nitrogen and oxygen atoms in total. The summed E-state index contributed by atoms with van der Waals surface area (Å²) in [6.45, 7) is 0. The van der Waals surface area contributed by atoms with Crippen molar-refractivity contribution < 1.29 is 18.0 Å². The van der Waals surface area contributed by atoms with Crippen molar-refractivity contribution in [1.82, 2.24) is 0 Å².